The van der Waals surface area contributed by atoms with Gasteiger partial charge in [0.25, 0.3) is 0 Å². The third-order valence-corrected chi connectivity index (χ3v) is 5.97. The highest BCUT2D eigenvalue weighted by molar-refractivity contribution is 5.75. The van der Waals surface area contributed by atoms with E-state index in [2.05, 4.69) is 24.3 Å². The summed E-state index contributed by atoms with van der Waals surface area (Å²) in [5.74, 6) is 0.536. The predicted molar refractivity (Wildman–Crippen MR) is 128 cm³/mol. The van der Waals surface area contributed by atoms with Crippen molar-refractivity contribution in [3.05, 3.63) is 109 Å². The van der Waals surface area contributed by atoms with Crippen LogP contribution in [-0.4, -0.2) is 12.1 Å². The summed E-state index contributed by atoms with van der Waals surface area (Å²) in [6.07, 6.45) is 8.15. The summed E-state index contributed by atoms with van der Waals surface area (Å²) in [6.45, 7) is 0. The first kappa shape index (κ1) is 22.8. The molecule has 0 saturated heterocycles. The molecule has 0 N–H and O–H groups in total. The largest absolute Gasteiger partial charge is 0.462 e. The molecular weight excluding hydrogens is 380 g/mol. The Balaban J connectivity index is 0.000000184. The standard InChI is InChI=1S/C17H22O2.2C6H6/c18-17(19-14-9-5-2-6-10-14)16-12-11-15(16)13-7-3-1-4-8-13;2*1-2-4-6-5-3-1/h1,3-4,7-8,14-16H,2,5-6,9-12H2;2*1-6H/t15?,16-;;/m1../s1. The van der Waals surface area contributed by atoms with E-state index in [4.69, 9.17) is 4.74 Å². The third-order valence-electron chi connectivity index (χ3n) is 5.97. The van der Waals surface area contributed by atoms with Crippen LogP contribution in [0.3, 0.4) is 0 Å². The summed E-state index contributed by atoms with van der Waals surface area (Å²) < 4.78 is 5.71. The van der Waals surface area contributed by atoms with Crippen LogP contribution in [0.1, 0.15) is 56.4 Å². The maximum atomic E-state index is 12.3. The molecule has 0 bridgehead atoms. The maximum absolute atomic E-state index is 12.3. The monoisotopic (exact) mass is 414 g/mol. The SMILES string of the molecule is O=C(OC1CCCCC1)[C@@H]1CCC1c1ccccc1.c1ccccc1.c1ccccc1. The van der Waals surface area contributed by atoms with E-state index in [1.54, 1.807) is 0 Å². The number of rotatable bonds is 3. The van der Waals surface area contributed by atoms with Crippen LogP contribution in [0.2, 0.25) is 0 Å². The van der Waals surface area contributed by atoms with Gasteiger partial charge in [0, 0.05) is 0 Å². The summed E-state index contributed by atoms with van der Waals surface area (Å²) in [7, 11) is 0. The molecule has 31 heavy (non-hydrogen) atoms. The Kier molecular flexibility index (Phi) is 9.89. The van der Waals surface area contributed by atoms with E-state index in [9.17, 15) is 4.79 Å². The van der Waals surface area contributed by atoms with Crippen LogP contribution in [0.5, 0.6) is 0 Å². The van der Waals surface area contributed by atoms with E-state index >= 15 is 0 Å². The van der Waals surface area contributed by atoms with Crippen LogP contribution in [-0.2, 0) is 9.53 Å². The van der Waals surface area contributed by atoms with Crippen molar-refractivity contribution >= 4 is 5.97 Å². The van der Waals surface area contributed by atoms with Crippen molar-refractivity contribution in [3.8, 4) is 0 Å². The highest BCUT2D eigenvalue weighted by atomic mass is 16.5. The Morgan fingerprint density at radius 1 is 0.581 bits per heavy atom. The topological polar surface area (TPSA) is 26.3 Å². The molecule has 0 aliphatic heterocycles. The van der Waals surface area contributed by atoms with Gasteiger partial charge in [-0.25, -0.2) is 0 Å². The highest BCUT2D eigenvalue weighted by Crippen LogP contribution is 2.43. The van der Waals surface area contributed by atoms with E-state index < -0.39 is 0 Å². The van der Waals surface area contributed by atoms with Crippen LogP contribution in [0.15, 0.2) is 103 Å². The number of hydrogen-bond acceptors (Lipinski definition) is 2. The summed E-state index contributed by atoms with van der Waals surface area (Å²) in [5, 5.41) is 0. The number of hydrogen-bond donors (Lipinski definition) is 0. The zero-order valence-electron chi connectivity index (χ0n) is 18.3. The van der Waals surface area contributed by atoms with Gasteiger partial charge in [-0.1, -0.05) is 110 Å². The molecule has 0 aromatic heterocycles. The fourth-order valence-corrected chi connectivity index (χ4v) is 4.09. The lowest BCUT2D eigenvalue weighted by Gasteiger charge is -2.36. The quantitative estimate of drug-likeness (QED) is 0.417. The third kappa shape index (κ3) is 8.05. The Labute approximate surface area is 187 Å². The van der Waals surface area contributed by atoms with Gasteiger partial charge in [0.1, 0.15) is 6.10 Å². The molecule has 2 heteroatoms. The smallest absolute Gasteiger partial charge is 0.309 e. The second-order valence-electron chi connectivity index (χ2n) is 8.21. The van der Waals surface area contributed by atoms with Crippen molar-refractivity contribution < 1.29 is 9.53 Å². The molecule has 0 radical (unpaired) electrons. The molecule has 0 heterocycles. The molecule has 2 saturated carbocycles. The van der Waals surface area contributed by atoms with Crippen molar-refractivity contribution in [1.29, 1.82) is 0 Å². The molecule has 2 aliphatic carbocycles. The summed E-state index contributed by atoms with van der Waals surface area (Å²) in [4.78, 5) is 12.3. The molecule has 0 spiro atoms. The molecule has 5 rings (SSSR count). The molecule has 2 nitrogen and oxygen atoms in total. The highest BCUT2D eigenvalue weighted by Gasteiger charge is 2.39. The zero-order valence-corrected chi connectivity index (χ0v) is 18.3. The minimum Gasteiger partial charge on any atom is -0.462 e. The zero-order chi connectivity index (χ0) is 21.6. The minimum absolute atomic E-state index is 0.0482. The number of carbonyl (C=O) groups excluding carboxylic acids is 1. The van der Waals surface area contributed by atoms with Crippen molar-refractivity contribution in [2.45, 2.75) is 57.0 Å². The van der Waals surface area contributed by atoms with Crippen molar-refractivity contribution in [3.63, 3.8) is 0 Å². The number of esters is 1. The Morgan fingerprint density at radius 3 is 1.45 bits per heavy atom. The number of carbonyl (C=O) groups is 1. The van der Waals surface area contributed by atoms with Gasteiger partial charge in [-0.05, 0) is 50.0 Å². The van der Waals surface area contributed by atoms with Crippen LogP contribution in [0.4, 0.5) is 0 Å². The molecule has 0 amide bonds. The average Bonchev–Trinajstić information content (AvgIpc) is 2.83. The molecule has 2 fully saturated rings. The second kappa shape index (κ2) is 13.4. The first-order valence-corrected chi connectivity index (χ1v) is 11.6. The molecule has 1 unspecified atom stereocenters. The lowest BCUT2D eigenvalue weighted by Crippen LogP contribution is -2.35. The van der Waals surface area contributed by atoms with Crippen LogP contribution in [0, 0.1) is 5.92 Å². The molecular formula is C29H34O2. The molecule has 2 atom stereocenters. The van der Waals surface area contributed by atoms with E-state index in [1.165, 1.54) is 24.8 Å². The Hall–Kier alpha value is -2.87. The van der Waals surface area contributed by atoms with Crippen LogP contribution in [0.25, 0.3) is 0 Å². The van der Waals surface area contributed by atoms with E-state index in [1.807, 2.05) is 78.9 Å². The summed E-state index contributed by atoms with van der Waals surface area (Å²) in [5.41, 5.74) is 1.29. The first-order valence-electron chi connectivity index (χ1n) is 11.6. The van der Waals surface area contributed by atoms with Gasteiger partial charge in [0.05, 0.1) is 5.92 Å². The maximum Gasteiger partial charge on any atom is 0.309 e. The summed E-state index contributed by atoms with van der Waals surface area (Å²) in [6, 6.07) is 34.4. The fraction of sp³-hybridized carbons (Fsp3) is 0.345. The van der Waals surface area contributed by atoms with Gasteiger partial charge in [-0.3, -0.25) is 4.79 Å². The van der Waals surface area contributed by atoms with Crippen LogP contribution >= 0.6 is 0 Å². The number of ether oxygens (including phenoxy) is 1. The van der Waals surface area contributed by atoms with Gasteiger partial charge in [0.15, 0.2) is 0 Å². The van der Waals surface area contributed by atoms with Gasteiger partial charge in [-0.15, -0.1) is 0 Å². The van der Waals surface area contributed by atoms with Crippen LogP contribution < -0.4 is 0 Å². The Bertz CT molecular complexity index is 741. The van der Waals surface area contributed by atoms with Gasteiger partial charge in [-0.2, -0.15) is 0 Å². The first-order chi connectivity index (χ1) is 15.3. The molecule has 2 aliphatic rings. The number of benzene rings is 3. The van der Waals surface area contributed by atoms with Gasteiger partial charge < -0.3 is 4.74 Å². The predicted octanol–water partition coefficient (Wildman–Crippen LogP) is 7.43. The van der Waals surface area contributed by atoms with Gasteiger partial charge in [0.2, 0.25) is 0 Å². The second-order valence-corrected chi connectivity index (χ2v) is 8.21. The van der Waals surface area contributed by atoms with E-state index in [0.29, 0.717) is 5.92 Å². The fourth-order valence-electron chi connectivity index (χ4n) is 4.09. The lowest BCUT2D eigenvalue weighted by molar-refractivity contribution is -0.159. The lowest BCUT2D eigenvalue weighted by atomic mass is 9.70. The molecule has 162 valence electrons. The normalized spacial score (nSPS) is 20.0. The van der Waals surface area contributed by atoms with Crippen molar-refractivity contribution in [1.82, 2.24) is 0 Å². The van der Waals surface area contributed by atoms with Crippen molar-refractivity contribution in [2.75, 3.05) is 0 Å². The average molecular weight is 415 g/mol. The minimum atomic E-state index is 0.0482. The summed E-state index contributed by atoms with van der Waals surface area (Å²) >= 11 is 0. The van der Waals surface area contributed by atoms with Crippen molar-refractivity contribution in [2.24, 2.45) is 5.92 Å². The Morgan fingerprint density at radius 2 is 1.03 bits per heavy atom. The van der Waals surface area contributed by atoms with E-state index in [-0.39, 0.29) is 18.0 Å². The van der Waals surface area contributed by atoms with E-state index in [0.717, 1.165) is 25.7 Å². The molecule has 3 aromatic rings. The van der Waals surface area contributed by atoms with Gasteiger partial charge >= 0.3 is 5.97 Å². The molecule has 3 aromatic carbocycles.